The summed E-state index contributed by atoms with van der Waals surface area (Å²) >= 11 is 1.22. The summed E-state index contributed by atoms with van der Waals surface area (Å²) in [5.74, 6) is 2.35. The number of carbonyl (C=O) groups excluding carboxylic acids is 1. The van der Waals surface area contributed by atoms with E-state index in [0.717, 1.165) is 0 Å². The van der Waals surface area contributed by atoms with Crippen LogP contribution in [0.4, 0.5) is 0 Å². The summed E-state index contributed by atoms with van der Waals surface area (Å²) in [6.07, 6.45) is 5.86. The first-order valence-corrected chi connectivity index (χ1v) is 4.34. The lowest BCUT2D eigenvalue weighted by Gasteiger charge is -2.10. The van der Waals surface area contributed by atoms with Crippen molar-refractivity contribution in [1.82, 2.24) is 4.98 Å². The second-order valence-electron chi connectivity index (χ2n) is 2.61. The Morgan fingerprint density at radius 3 is 2.92 bits per heavy atom. The van der Waals surface area contributed by atoms with Crippen LogP contribution in [0, 0.1) is 23.7 Å². The first kappa shape index (κ1) is 9.44. The Bertz CT molecular complexity index is 410. The fourth-order valence-electron chi connectivity index (χ4n) is 0.710. The van der Waals surface area contributed by atoms with Crippen LogP contribution in [-0.2, 0) is 10.2 Å². The van der Waals surface area contributed by atoms with E-state index in [1.165, 1.54) is 11.3 Å². The fourth-order valence-corrected chi connectivity index (χ4v) is 1.54. The second kappa shape index (κ2) is 3.38. The van der Waals surface area contributed by atoms with Crippen LogP contribution in [0.5, 0.6) is 0 Å². The molecule has 0 saturated carbocycles. The lowest BCUT2D eigenvalue weighted by Crippen LogP contribution is -2.20. The number of thiazole rings is 1. The van der Waals surface area contributed by atoms with Gasteiger partial charge in [-0.1, -0.05) is 5.92 Å². The fraction of sp³-hybridized carbons (Fsp3) is 0.222. The predicted molar refractivity (Wildman–Crippen MR) is 49.1 cm³/mol. The summed E-state index contributed by atoms with van der Waals surface area (Å²) in [7, 11) is 0. The molecule has 0 radical (unpaired) electrons. The minimum Gasteiger partial charge on any atom is -0.301 e. The van der Waals surface area contributed by atoms with Crippen LogP contribution in [0.1, 0.15) is 17.6 Å². The van der Waals surface area contributed by atoms with E-state index < -0.39 is 5.41 Å². The highest BCUT2D eigenvalue weighted by Gasteiger charge is 2.26. The lowest BCUT2D eigenvalue weighted by molar-refractivity contribution is -0.110. The Balaban J connectivity index is 3.16. The van der Waals surface area contributed by atoms with E-state index in [2.05, 4.69) is 10.9 Å². The average molecular weight is 190 g/mol. The van der Waals surface area contributed by atoms with Crippen molar-refractivity contribution in [3.05, 3.63) is 16.1 Å². The third kappa shape index (κ3) is 1.58. The van der Waals surface area contributed by atoms with Crippen LogP contribution >= 0.6 is 11.3 Å². The molecule has 0 aromatic carbocycles. The number of nitrogens with zero attached hydrogens (tertiary/aromatic N) is 2. The molecule has 1 aromatic heterocycles. The van der Waals surface area contributed by atoms with Gasteiger partial charge in [0.25, 0.3) is 0 Å². The highest BCUT2D eigenvalue weighted by Crippen LogP contribution is 2.23. The molecule has 1 aromatic rings. The van der Waals surface area contributed by atoms with Gasteiger partial charge in [0, 0.05) is 5.38 Å². The smallest absolute Gasteiger partial charge is 0.151 e. The van der Waals surface area contributed by atoms with Crippen molar-refractivity contribution in [2.45, 2.75) is 12.3 Å². The van der Waals surface area contributed by atoms with Gasteiger partial charge in [0.15, 0.2) is 5.69 Å². The van der Waals surface area contributed by atoms with Crippen LogP contribution in [0.3, 0.4) is 0 Å². The van der Waals surface area contributed by atoms with Crippen molar-refractivity contribution < 1.29 is 4.79 Å². The van der Waals surface area contributed by atoms with Gasteiger partial charge in [0.05, 0.1) is 0 Å². The number of aldehydes is 1. The molecule has 0 amide bonds. The van der Waals surface area contributed by atoms with Crippen molar-refractivity contribution in [1.29, 1.82) is 5.26 Å². The molecule has 1 atom stereocenters. The van der Waals surface area contributed by atoms with Gasteiger partial charge in [-0.3, -0.25) is 0 Å². The molecule has 1 unspecified atom stereocenters. The van der Waals surface area contributed by atoms with Crippen molar-refractivity contribution in [2.75, 3.05) is 0 Å². The van der Waals surface area contributed by atoms with E-state index in [0.29, 0.717) is 17.0 Å². The van der Waals surface area contributed by atoms with Gasteiger partial charge in [0.2, 0.25) is 0 Å². The van der Waals surface area contributed by atoms with Crippen LogP contribution in [-0.4, -0.2) is 11.3 Å². The molecule has 0 spiro atoms. The maximum Gasteiger partial charge on any atom is 0.151 e. The number of aromatic nitrogens is 1. The molecule has 0 aliphatic heterocycles. The SMILES string of the molecule is C#CC(C)(C=O)c1nc(C#N)cs1. The van der Waals surface area contributed by atoms with Gasteiger partial charge in [0.1, 0.15) is 22.8 Å². The van der Waals surface area contributed by atoms with Gasteiger partial charge in [-0.05, 0) is 6.92 Å². The average Bonchev–Trinajstić information content (AvgIpc) is 2.65. The van der Waals surface area contributed by atoms with Crippen LogP contribution in [0.25, 0.3) is 0 Å². The quantitative estimate of drug-likeness (QED) is 0.518. The second-order valence-corrected chi connectivity index (χ2v) is 3.47. The topological polar surface area (TPSA) is 53.8 Å². The maximum absolute atomic E-state index is 10.7. The zero-order valence-electron chi connectivity index (χ0n) is 6.94. The molecular weight excluding hydrogens is 184 g/mol. The van der Waals surface area contributed by atoms with Crippen molar-refractivity contribution >= 4 is 17.6 Å². The van der Waals surface area contributed by atoms with E-state index in [9.17, 15) is 4.79 Å². The van der Waals surface area contributed by atoms with Crippen molar-refractivity contribution in [3.8, 4) is 18.4 Å². The Labute approximate surface area is 80.0 Å². The number of hydrogen-bond acceptors (Lipinski definition) is 4. The monoisotopic (exact) mass is 190 g/mol. The summed E-state index contributed by atoms with van der Waals surface area (Å²) < 4.78 is 0. The summed E-state index contributed by atoms with van der Waals surface area (Å²) in [6, 6.07) is 1.88. The molecule has 0 fully saturated rings. The molecule has 64 valence electrons. The van der Waals surface area contributed by atoms with Gasteiger partial charge in [-0.2, -0.15) is 5.26 Å². The zero-order valence-corrected chi connectivity index (χ0v) is 7.76. The van der Waals surface area contributed by atoms with Crippen LogP contribution < -0.4 is 0 Å². The molecule has 0 aliphatic rings. The Morgan fingerprint density at radius 1 is 1.85 bits per heavy atom. The van der Waals surface area contributed by atoms with E-state index >= 15 is 0 Å². The Hall–Kier alpha value is -1.65. The molecular formula is C9H6N2OS. The van der Waals surface area contributed by atoms with E-state index in [-0.39, 0.29) is 0 Å². The van der Waals surface area contributed by atoms with Gasteiger partial charge >= 0.3 is 0 Å². The number of rotatable bonds is 2. The maximum atomic E-state index is 10.7. The first-order chi connectivity index (χ1) is 6.16. The number of nitriles is 1. The molecule has 0 bridgehead atoms. The number of carbonyl (C=O) groups is 1. The highest BCUT2D eigenvalue weighted by molar-refractivity contribution is 7.10. The molecule has 4 heteroatoms. The summed E-state index contributed by atoms with van der Waals surface area (Å²) in [5, 5.41) is 10.6. The van der Waals surface area contributed by atoms with Crippen molar-refractivity contribution in [3.63, 3.8) is 0 Å². The number of hydrogen-bond donors (Lipinski definition) is 0. The molecule has 0 N–H and O–H groups in total. The standard InChI is InChI=1S/C9H6N2OS/c1-3-9(2,6-12)8-11-7(4-10)5-13-8/h1,5-6H,2H3. The lowest BCUT2D eigenvalue weighted by atomic mass is 9.95. The number of terminal acetylenes is 1. The van der Waals surface area contributed by atoms with Gasteiger partial charge in [-0.25, -0.2) is 4.98 Å². The van der Waals surface area contributed by atoms with Gasteiger partial charge in [-0.15, -0.1) is 17.8 Å². The third-order valence-corrected chi connectivity index (χ3v) is 2.68. The third-order valence-electron chi connectivity index (χ3n) is 1.60. The molecule has 0 aliphatic carbocycles. The zero-order chi connectivity index (χ0) is 9.90. The Morgan fingerprint density at radius 2 is 2.54 bits per heavy atom. The van der Waals surface area contributed by atoms with Crippen LogP contribution in [0.2, 0.25) is 0 Å². The normalized spacial score (nSPS) is 13.8. The molecule has 13 heavy (non-hydrogen) atoms. The van der Waals surface area contributed by atoms with Gasteiger partial charge < -0.3 is 4.79 Å². The Kier molecular flexibility index (Phi) is 2.46. The van der Waals surface area contributed by atoms with E-state index in [1.54, 1.807) is 12.3 Å². The van der Waals surface area contributed by atoms with E-state index in [4.69, 9.17) is 11.7 Å². The largest absolute Gasteiger partial charge is 0.301 e. The molecule has 1 rings (SSSR count). The molecule has 0 saturated heterocycles. The summed E-state index contributed by atoms with van der Waals surface area (Å²) in [4.78, 5) is 14.6. The molecule has 3 nitrogen and oxygen atoms in total. The predicted octanol–water partition coefficient (Wildman–Crippen LogP) is 1.10. The minimum absolute atomic E-state index is 0.295. The first-order valence-electron chi connectivity index (χ1n) is 3.46. The van der Waals surface area contributed by atoms with Crippen molar-refractivity contribution in [2.24, 2.45) is 0 Å². The molecule has 1 heterocycles. The minimum atomic E-state index is -1.00. The summed E-state index contributed by atoms with van der Waals surface area (Å²) in [5.41, 5.74) is -0.705. The highest BCUT2D eigenvalue weighted by atomic mass is 32.1. The van der Waals surface area contributed by atoms with Crippen LogP contribution in [0.15, 0.2) is 5.38 Å². The summed E-state index contributed by atoms with van der Waals surface area (Å²) in [6.45, 7) is 1.60. The van der Waals surface area contributed by atoms with E-state index in [1.807, 2.05) is 6.07 Å².